The molecule has 6 nitrogen and oxygen atoms in total. The van der Waals surface area contributed by atoms with Gasteiger partial charge in [0, 0.05) is 11.6 Å². The van der Waals surface area contributed by atoms with Gasteiger partial charge in [0.15, 0.2) is 4.80 Å². The average molecular weight is 444 g/mol. The van der Waals surface area contributed by atoms with Crippen LogP contribution in [0.1, 0.15) is 23.7 Å². The van der Waals surface area contributed by atoms with Gasteiger partial charge in [-0.05, 0) is 42.8 Å². The number of rotatable bonds is 4. The van der Waals surface area contributed by atoms with Crippen LogP contribution in [0.3, 0.4) is 0 Å². The Morgan fingerprint density at radius 2 is 1.96 bits per heavy atom. The molecule has 0 fully saturated rings. The average Bonchev–Trinajstić information content (AvgIpc) is 2.93. The third-order valence-corrected chi connectivity index (χ3v) is 6.30. The Bertz CT molecular complexity index is 1210. The second kappa shape index (κ2) is 7.73. The number of hydrogen-bond acceptors (Lipinski definition) is 4. The lowest BCUT2D eigenvalue weighted by molar-refractivity contribution is 0.0998. The van der Waals surface area contributed by atoms with Gasteiger partial charge in [-0.25, -0.2) is 13.6 Å². The number of nitrogens with zero attached hydrogens (tertiary/aromatic N) is 2. The number of carbonyl (C=O) groups is 1. The van der Waals surface area contributed by atoms with Crippen LogP contribution in [0.25, 0.3) is 10.2 Å². The van der Waals surface area contributed by atoms with E-state index < -0.39 is 15.9 Å². The highest BCUT2D eigenvalue weighted by Crippen LogP contribution is 2.23. The molecule has 3 rings (SSSR count). The summed E-state index contributed by atoms with van der Waals surface area (Å²) in [5, 5.41) is 5.84. The SMILES string of the molecule is CCCn1c(=NC(=O)c2cc(Cl)ccc2Cl)sc2cc(S(N)(=O)=O)ccc21. The van der Waals surface area contributed by atoms with Crippen molar-refractivity contribution in [3.8, 4) is 0 Å². The maximum Gasteiger partial charge on any atom is 0.281 e. The molecule has 0 bridgehead atoms. The molecule has 1 amide bonds. The topological polar surface area (TPSA) is 94.5 Å². The molecule has 10 heteroatoms. The molecular weight excluding hydrogens is 429 g/mol. The summed E-state index contributed by atoms with van der Waals surface area (Å²) >= 11 is 13.2. The summed E-state index contributed by atoms with van der Waals surface area (Å²) in [5.74, 6) is -0.523. The van der Waals surface area contributed by atoms with E-state index in [0.717, 1.165) is 11.9 Å². The number of primary sulfonamides is 1. The minimum absolute atomic E-state index is 0.00987. The monoisotopic (exact) mass is 443 g/mol. The van der Waals surface area contributed by atoms with Crippen molar-refractivity contribution in [2.75, 3.05) is 0 Å². The number of halogens is 2. The van der Waals surface area contributed by atoms with Crippen LogP contribution in [0.15, 0.2) is 46.3 Å². The lowest BCUT2D eigenvalue weighted by Crippen LogP contribution is -2.17. The minimum Gasteiger partial charge on any atom is -0.316 e. The number of nitrogens with two attached hydrogens (primary N) is 1. The van der Waals surface area contributed by atoms with E-state index in [4.69, 9.17) is 28.3 Å². The van der Waals surface area contributed by atoms with Crippen LogP contribution in [0.4, 0.5) is 0 Å². The lowest BCUT2D eigenvalue weighted by Gasteiger charge is -2.04. The summed E-state index contributed by atoms with van der Waals surface area (Å²) in [7, 11) is -3.82. The molecule has 0 aliphatic heterocycles. The fraction of sp³-hybridized carbons (Fsp3) is 0.176. The van der Waals surface area contributed by atoms with Gasteiger partial charge in [0.2, 0.25) is 10.0 Å². The van der Waals surface area contributed by atoms with Crippen LogP contribution >= 0.6 is 34.5 Å². The molecule has 0 aliphatic carbocycles. The highest BCUT2D eigenvalue weighted by molar-refractivity contribution is 7.89. The first-order valence-corrected chi connectivity index (χ1v) is 11.0. The van der Waals surface area contributed by atoms with Crippen LogP contribution in [0.2, 0.25) is 10.0 Å². The summed E-state index contributed by atoms with van der Waals surface area (Å²) < 4.78 is 25.7. The van der Waals surface area contributed by atoms with E-state index in [-0.39, 0.29) is 15.5 Å². The number of fused-ring (bicyclic) bond motifs is 1. The van der Waals surface area contributed by atoms with Gasteiger partial charge in [0.1, 0.15) is 0 Å². The molecule has 1 aromatic heterocycles. The molecule has 0 saturated carbocycles. The van der Waals surface area contributed by atoms with Crippen molar-refractivity contribution >= 4 is 60.7 Å². The van der Waals surface area contributed by atoms with Crippen molar-refractivity contribution in [2.24, 2.45) is 10.1 Å². The van der Waals surface area contributed by atoms with Crippen molar-refractivity contribution in [2.45, 2.75) is 24.8 Å². The fourth-order valence-corrected chi connectivity index (χ4v) is 4.64. The van der Waals surface area contributed by atoms with Gasteiger partial charge in [-0.1, -0.05) is 41.5 Å². The van der Waals surface area contributed by atoms with E-state index in [1.807, 2.05) is 11.5 Å². The molecule has 0 atom stereocenters. The quantitative estimate of drug-likeness (QED) is 0.663. The highest BCUT2D eigenvalue weighted by atomic mass is 35.5. The van der Waals surface area contributed by atoms with Gasteiger partial charge in [-0.15, -0.1) is 0 Å². The third-order valence-electron chi connectivity index (χ3n) is 3.79. The number of amides is 1. The zero-order chi connectivity index (χ0) is 19.8. The number of sulfonamides is 1. The van der Waals surface area contributed by atoms with Gasteiger partial charge in [0.25, 0.3) is 5.91 Å². The smallest absolute Gasteiger partial charge is 0.281 e. The van der Waals surface area contributed by atoms with E-state index in [2.05, 4.69) is 4.99 Å². The summed E-state index contributed by atoms with van der Waals surface area (Å²) in [6.07, 6.45) is 0.808. The zero-order valence-electron chi connectivity index (χ0n) is 14.1. The molecule has 3 aromatic rings. The predicted molar refractivity (Wildman–Crippen MR) is 108 cm³/mol. The summed E-state index contributed by atoms with van der Waals surface area (Å²) in [6, 6.07) is 9.18. The molecule has 0 aliphatic rings. The molecule has 0 spiro atoms. The number of carbonyl (C=O) groups excluding carboxylic acids is 1. The first kappa shape index (κ1) is 20.0. The van der Waals surface area contributed by atoms with Crippen LogP contribution in [0.5, 0.6) is 0 Å². The Hall–Kier alpha value is -1.71. The first-order chi connectivity index (χ1) is 12.7. The first-order valence-electron chi connectivity index (χ1n) is 7.91. The maximum atomic E-state index is 12.6. The third kappa shape index (κ3) is 4.25. The Morgan fingerprint density at radius 3 is 2.63 bits per heavy atom. The highest BCUT2D eigenvalue weighted by Gasteiger charge is 2.14. The van der Waals surface area contributed by atoms with Gasteiger partial charge in [-0.2, -0.15) is 4.99 Å². The Morgan fingerprint density at radius 1 is 1.22 bits per heavy atom. The van der Waals surface area contributed by atoms with E-state index in [1.165, 1.54) is 35.6 Å². The van der Waals surface area contributed by atoms with Crippen molar-refractivity contribution in [1.82, 2.24) is 4.57 Å². The Labute approximate surface area is 169 Å². The van der Waals surface area contributed by atoms with Crippen LogP contribution < -0.4 is 9.94 Å². The van der Waals surface area contributed by atoms with Crippen molar-refractivity contribution in [1.29, 1.82) is 0 Å². The van der Waals surface area contributed by atoms with Crippen LogP contribution in [0, 0.1) is 0 Å². The molecule has 142 valence electrons. The number of aromatic nitrogens is 1. The van der Waals surface area contributed by atoms with E-state index in [9.17, 15) is 13.2 Å². The van der Waals surface area contributed by atoms with Crippen LogP contribution in [-0.2, 0) is 16.6 Å². The molecule has 0 saturated heterocycles. The van der Waals surface area contributed by atoms with Gasteiger partial charge < -0.3 is 4.57 Å². The van der Waals surface area contributed by atoms with E-state index >= 15 is 0 Å². The standard InChI is InChI=1S/C17H15Cl2N3O3S2/c1-2-7-22-14-6-4-11(27(20,24)25)9-15(14)26-17(22)21-16(23)12-8-10(18)3-5-13(12)19/h3-6,8-9H,2,7H2,1H3,(H2,20,24,25). The molecule has 2 aromatic carbocycles. The predicted octanol–water partition coefficient (Wildman–Crippen LogP) is 3.81. The summed E-state index contributed by atoms with van der Waals surface area (Å²) in [5.41, 5.74) is 0.980. The number of benzene rings is 2. The van der Waals surface area contributed by atoms with Crippen molar-refractivity contribution in [3.63, 3.8) is 0 Å². The van der Waals surface area contributed by atoms with E-state index in [1.54, 1.807) is 12.1 Å². The molecule has 1 heterocycles. The number of thiazole rings is 1. The van der Waals surface area contributed by atoms with Crippen molar-refractivity contribution < 1.29 is 13.2 Å². The van der Waals surface area contributed by atoms with Crippen molar-refractivity contribution in [3.05, 3.63) is 56.8 Å². The number of aryl methyl sites for hydroxylation is 1. The Balaban J connectivity index is 2.20. The maximum absolute atomic E-state index is 12.6. The minimum atomic E-state index is -3.82. The van der Waals surface area contributed by atoms with Crippen LogP contribution in [-0.4, -0.2) is 18.9 Å². The molecule has 27 heavy (non-hydrogen) atoms. The number of hydrogen-bond donors (Lipinski definition) is 1. The normalized spacial score (nSPS) is 12.7. The second-order valence-corrected chi connectivity index (χ2v) is 9.17. The second-order valence-electron chi connectivity index (χ2n) is 5.75. The summed E-state index contributed by atoms with van der Waals surface area (Å²) in [6.45, 7) is 2.61. The largest absolute Gasteiger partial charge is 0.316 e. The van der Waals surface area contributed by atoms with E-state index in [0.29, 0.717) is 21.1 Å². The summed E-state index contributed by atoms with van der Waals surface area (Å²) in [4.78, 5) is 17.3. The lowest BCUT2D eigenvalue weighted by atomic mass is 10.2. The Kier molecular flexibility index (Phi) is 5.73. The fourth-order valence-electron chi connectivity index (χ4n) is 2.56. The van der Waals surface area contributed by atoms with Gasteiger partial charge in [0.05, 0.1) is 25.7 Å². The zero-order valence-corrected chi connectivity index (χ0v) is 17.3. The molecule has 0 unspecified atom stereocenters. The molecule has 0 radical (unpaired) electrons. The van der Waals surface area contributed by atoms with Gasteiger partial charge in [-0.3, -0.25) is 4.79 Å². The molecule has 2 N–H and O–H groups in total. The molecular formula is C17H15Cl2N3O3S2. The van der Waals surface area contributed by atoms with Gasteiger partial charge >= 0.3 is 0 Å².